The molecule has 26 heavy (non-hydrogen) atoms. The Morgan fingerprint density at radius 3 is 2.31 bits per heavy atom. The van der Waals surface area contributed by atoms with Gasteiger partial charge in [-0.1, -0.05) is 59.7 Å². The van der Waals surface area contributed by atoms with E-state index in [0.29, 0.717) is 11.1 Å². The second kappa shape index (κ2) is 7.41. The van der Waals surface area contributed by atoms with Crippen molar-refractivity contribution in [1.82, 2.24) is 0 Å². The highest BCUT2D eigenvalue weighted by molar-refractivity contribution is 5.82. The third-order valence-corrected chi connectivity index (χ3v) is 5.10. The molecule has 2 aromatic carbocycles. The molecule has 1 atom stereocenters. The number of benzene rings is 2. The summed E-state index contributed by atoms with van der Waals surface area (Å²) in [5, 5.41) is 0. The van der Waals surface area contributed by atoms with Crippen LogP contribution in [0.1, 0.15) is 48.9 Å². The maximum Gasteiger partial charge on any atom is 0.115 e. The molecule has 134 valence electrons. The van der Waals surface area contributed by atoms with Crippen molar-refractivity contribution in [3.05, 3.63) is 88.0 Å². The van der Waals surface area contributed by atoms with E-state index in [2.05, 4.69) is 38.6 Å². The third kappa shape index (κ3) is 3.41. The molecule has 0 bridgehead atoms. The van der Waals surface area contributed by atoms with Gasteiger partial charge in [-0.05, 0) is 66.3 Å². The van der Waals surface area contributed by atoms with E-state index in [0.717, 1.165) is 22.3 Å². The minimum absolute atomic E-state index is 0.214. The summed E-state index contributed by atoms with van der Waals surface area (Å²) in [4.78, 5) is 0. The van der Waals surface area contributed by atoms with Crippen LogP contribution in [0.3, 0.4) is 0 Å². The van der Waals surface area contributed by atoms with Gasteiger partial charge in [0.1, 0.15) is 13.3 Å². The van der Waals surface area contributed by atoms with Crippen molar-refractivity contribution < 1.29 is 8.78 Å². The first kappa shape index (κ1) is 18.3. The molecule has 1 aliphatic rings. The second-order valence-corrected chi connectivity index (χ2v) is 7.11. The van der Waals surface area contributed by atoms with Crippen LogP contribution < -0.4 is 0 Å². The SMILES string of the molecule is C=C(C)C(C)=CC1C(C)=Cc2c(-c3cc(CF)cc(CF)c3)cccc21. The molecule has 0 N–H and O–H groups in total. The summed E-state index contributed by atoms with van der Waals surface area (Å²) >= 11 is 0. The smallest absolute Gasteiger partial charge is 0.115 e. The summed E-state index contributed by atoms with van der Waals surface area (Å²) < 4.78 is 26.4. The van der Waals surface area contributed by atoms with E-state index in [1.165, 1.54) is 16.7 Å². The molecule has 0 nitrogen and oxygen atoms in total. The van der Waals surface area contributed by atoms with Gasteiger partial charge in [-0.3, -0.25) is 0 Å². The zero-order valence-corrected chi connectivity index (χ0v) is 15.6. The molecule has 0 saturated carbocycles. The molecule has 1 aliphatic carbocycles. The molecule has 0 saturated heterocycles. The molecule has 0 radical (unpaired) electrons. The van der Waals surface area contributed by atoms with Gasteiger partial charge in [0.05, 0.1) is 0 Å². The molecular weight excluding hydrogens is 326 g/mol. The van der Waals surface area contributed by atoms with Gasteiger partial charge in [0.15, 0.2) is 0 Å². The molecule has 0 aromatic heterocycles. The van der Waals surface area contributed by atoms with Crippen molar-refractivity contribution in [1.29, 1.82) is 0 Å². The fourth-order valence-electron chi connectivity index (χ4n) is 3.52. The fourth-order valence-corrected chi connectivity index (χ4v) is 3.52. The van der Waals surface area contributed by atoms with Crippen molar-refractivity contribution in [3.63, 3.8) is 0 Å². The van der Waals surface area contributed by atoms with Gasteiger partial charge in [0.2, 0.25) is 0 Å². The van der Waals surface area contributed by atoms with Gasteiger partial charge in [-0.15, -0.1) is 0 Å². The predicted octanol–water partition coefficient (Wildman–Crippen LogP) is 7.32. The van der Waals surface area contributed by atoms with Crippen molar-refractivity contribution in [2.24, 2.45) is 0 Å². The molecule has 0 spiro atoms. The normalized spacial score (nSPS) is 16.4. The molecule has 1 unspecified atom stereocenters. The van der Waals surface area contributed by atoms with Crippen molar-refractivity contribution in [3.8, 4) is 11.1 Å². The first-order chi connectivity index (χ1) is 12.4. The van der Waals surface area contributed by atoms with E-state index in [1.54, 1.807) is 6.07 Å². The van der Waals surface area contributed by atoms with Crippen molar-refractivity contribution in [2.45, 2.75) is 40.0 Å². The van der Waals surface area contributed by atoms with E-state index in [-0.39, 0.29) is 5.92 Å². The van der Waals surface area contributed by atoms with Gasteiger partial charge in [-0.2, -0.15) is 0 Å². The van der Waals surface area contributed by atoms with E-state index in [9.17, 15) is 8.78 Å². The highest BCUT2D eigenvalue weighted by Crippen LogP contribution is 2.42. The lowest BCUT2D eigenvalue weighted by atomic mass is 9.90. The summed E-state index contributed by atoms with van der Waals surface area (Å²) in [6.45, 7) is 9.06. The highest BCUT2D eigenvalue weighted by atomic mass is 19.1. The Kier molecular flexibility index (Phi) is 5.22. The van der Waals surface area contributed by atoms with Crippen LogP contribution in [-0.2, 0) is 13.3 Å². The Morgan fingerprint density at radius 1 is 1.08 bits per heavy atom. The first-order valence-corrected chi connectivity index (χ1v) is 8.85. The van der Waals surface area contributed by atoms with Gasteiger partial charge < -0.3 is 0 Å². The zero-order chi connectivity index (χ0) is 18.8. The van der Waals surface area contributed by atoms with Crippen LogP contribution in [0.2, 0.25) is 0 Å². The zero-order valence-electron chi connectivity index (χ0n) is 15.6. The molecule has 0 aliphatic heterocycles. The van der Waals surface area contributed by atoms with Crippen LogP contribution in [-0.4, -0.2) is 0 Å². The average Bonchev–Trinajstić information content (AvgIpc) is 2.96. The molecule has 2 aromatic rings. The predicted molar refractivity (Wildman–Crippen MR) is 106 cm³/mol. The first-order valence-electron chi connectivity index (χ1n) is 8.85. The Hall–Kier alpha value is -2.48. The molecule has 0 fully saturated rings. The molecule has 0 heterocycles. The lowest BCUT2D eigenvalue weighted by Crippen LogP contribution is -1.96. The van der Waals surface area contributed by atoms with Crippen LogP contribution in [0.15, 0.2) is 65.8 Å². The highest BCUT2D eigenvalue weighted by Gasteiger charge is 2.23. The van der Waals surface area contributed by atoms with Crippen LogP contribution >= 0.6 is 0 Å². The van der Waals surface area contributed by atoms with E-state index >= 15 is 0 Å². The number of halogens is 2. The second-order valence-electron chi connectivity index (χ2n) is 7.11. The van der Waals surface area contributed by atoms with Crippen molar-refractivity contribution in [2.75, 3.05) is 0 Å². The fraction of sp³-hybridized carbons (Fsp3) is 0.250. The van der Waals surface area contributed by atoms with E-state index in [1.807, 2.05) is 31.2 Å². The average molecular weight is 350 g/mol. The minimum atomic E-state index is -0.589. The van der Waals surface area contributed by atoms with Gasteiger partial charge in [0, 0.05) is 5.92 Å². The molecule has 2 heteroatoms. The van der Waals surface area contributed by atoms with Crippen LogP contribution in [0.4, 0.5) is 8.78 Å². The van der Waals surface area contributed by atoms with Gasteiger partial charge >= 0.3 is 0 Å². The number of rotatable bonds is 5. The number of allylic oxidation sites excluding steroid dienone is 4. The Morgan fingerprint density at radius 2 is 1.73 bits per heavy atom. The van der Waals surface area contributed by atoms with Gasteiger partial charge in [-0.25, -0.2) is 8.78 Å². The quantitative estimate of drug-likeness (QED) is 0.496. The Labute approximate surface area is 154 Å². The van der Waals surface area contributed by atoms with E-state index in [4.69, 9.17) is 0 Å². The Bertz CT molecular complexity index is 894. The lowest BCUT2D eigenvalue weighted by Gasteiger charge is -2.14. The van der Waals surface area contributed by atoms with Crippen LogP contribution in [0.5, 0.6) is 0 Å². The number of hydrogen-bond acceptors (Lipinski definition) is 0. The standard InChI is InChI=1S/C24H24F2/c1-15(2)16(3)8-23-17(4)9-24-21(6-5-7-22(23)24)20-11-18(13-25)10-19(12-20)14-26/h5-12,23H,1,13-14H2,2-4H3. The molecular formula is C24H24F2. The summed E-state index contributed by atoms with van der Waals surface area (Å²) in [7, 11) is 0. The Balaban J connectivity index is 2.14. The number of hydrogen-bond donors (Lipinski definition) is 0. The maximum absolute atomic E-state index is 13.2. The van der Waals surface area contributed by atoms with E-state index < -0.39 is 13.3 Å². The number of fused-ring (bicyclic) bond motifs is 1. The van der Waals surface area contributed by atoms with Crippen LogP contribution in [0.25, 0.3) is 17.2 Å². The number of alkyl halides is 2. The summed E-state index contributed by atoms with van der Waals surface area (Å²) in [6.07, 6.45) is 4.43. The monoisotopic (exact) mass is 350 g/mol. The molecule has 3 rings (SSSR count). The maximum atomic E-state index is 13.2. The summed E-state index contributed by atoms with van der Waals surface area (Å²) in [5.74, 6) is 0.214. The molecule has 0 amide bonds. The largest absolute Gasteiger partial charge is 0.246 e. The third-order valence-electron chi connectivity index (χ3n) is 5.10. The summed E-state index contributed by atoms with van der Waals surface area (Å²) in [5.41, 5.74) is 8.80. The van der Waals surface area contributed by atoms with Gasteiger partial charge in [0.25, 0.3) is 0 Å². The summed E-state index contributed by atoms with van der Waals surface area (Å²) in [6, 6.07) is 11.4. The lowest BCUT2D eigenvalue weighted by molar-refractivity contribution is 0.475. The van der Waals surface area contributed by atoms with Crippen molar-refractivity contribution >= 4 is 6.08 Å². The van der Waals surface area contributed by atoms with Crippen LogP contribution in [0, 0.1) is 0 Å². The minimum Gasteiger partial charge on any atom is -0.246 e. The topological polar surface area (TPSA) is 0 Å².